The molecule has 0 atom stereocenters. The SMILES string of the molecule is Cc1ccc(S(=O)(=O)N(CC(=O)Nc2ccc(Br)cc2)c2cc(Cl)ccc2C)cc1. The lowest BCUT2D eigenvalue weighted by Gasteiger charge is -2.26. The number of nitrogens with one attached hydrogen (secondary N) is 1. The highest BCUT2D eigenvalue weighted by Crippen LogP contribution is 2.29. The van der Waals surface area contributed by atoms with E-state index in [1.165, 1.54) is 12.1 Å². The molecule has 0 bridgehead atoms. The van der Waals surface area contributed by atoms with E-state index >= 15 is 0 Å². The molecular formula is C22H20BrClN2O3S. The summed E-state index contributed by atoms with van der Waals surface area (Å²) in [6, 6.07) is 18.5. The molecule has 0 saturated carbocycles. The van der Waals surface area contributed by atoms with E-state index in [0.29, 0.717) is 22.0 Å². The maximum Gasteiger partial charge on any atom is 0.264 e. The van der Waals surface area contributed by atoms with Gasteiger partial charge in [0.25, 0.3) is 10.0 Å². The lowest BCUT2D eigenvalue weighted by atomic mass is 10.2. The van der Waals surface area contributed by atoms with Crippen LogP contribution in [0.15, 0.2) is 76.1 Å². The summed E-state index contributed by atoms with van der Waals surface area (Å²) in [4.78, 5) is 12.8. The highest BCUT2D eigenvalue weighted by Gasteiger charge is 2.28. The number of amides is 1. The van der Waals surface area contributed by atoms with Crippen molar-refractivity contribution >= 4 is 54.8 Å². The highest BCUT2D eigenvalue weighted by molar-refractivity contribution is 9.10. The van der Waals surface area contributed by atoms with Crippen molar-refractivity contribution in [3.63, 3.8) is 0 Å². The second-order valence-corrected chi connectivity index (χ2v) is 10.0. The summed E-state index contributed by atoms with van der Waals surface area (Å²) in [5.74, 6) is -0.465. The fraction of sp³-hybridized carbons (Fsp3) is 0.136. The Morgan fingerprint density at radius 2 is 1.63 bits per heavy atom. The predicted octanol–water partition coefficient (Wildman–Crippen LogP) is 5.55. The van der Waals surface area contributed by atoms with Gasteiger partial charge < -0.3 is 5.32 Å². The molecule has 30 heavy (non-hydrogen) atoms. The van der Waals surface area contributed by atoms with Crippen molar-refractivity contribution < 1.29 is 13.2 Å². The first kappa shape index (κ1) is 22.3. The maximum atomic E-state index is 13.4. The molecule has 0 fully saturated rings. The average Bonchev–Trinajstić information content (AvgIpc) is 2.70. The van der Waals surface area contributed by atoms with Crippen LogP contribution in [-0.2, 0) is 14.8 Å². The fourth-order valence-corrected chi connectivity index (χ4v) is 4.76. The van der Waals surface area contributed by atoms with Crippen LogP contribution in [0.3, 0.4) is 0 Å². The number of sulfonamides is 1. The van der Waals surface area contributed by atoms with E-state index in [4.69, 9.17) is 11.6 Å². The normalized spacial score (nSPS) is 11.2. The zero-order chi connectivity index (χ0) is 21.9. The van der Waals surface area contributed by atoms with Crippen molar-refractivity contribution in [2.75, 3.05) is 16.2 Å². The van der Waals surface area contributed by atoms with Crippen LogP contribution in [0, 0.1) is 13.8 Å². The minimum absolute atomic E-state index is 0.101. The minimum Gasteiger partial charge on any atom is -0.325 e. The van der Waals surface area contributed by atoms with Crippen LogP contribution in [0.5, 0.6) is 0 Å². The van der Waals surface area contributed by atoms with E-state index in [0.717, 1.165) is 14.3 Å². The van der Waals surface area contributed by atoms with Gasteiger partial charge in [0.15, 0.2) is 0 Å². The van der Waals surface area contributed by atoms with Crippen LogP contribution in [0.4, 0.5) is 11.4 Å². The van der Waals surface area contributed by atoms with Gasteiger partial charge in [-0.25, -0.2) is 8.42 Å². The van der Waals surface area contributed by atoms with Crippen LogP contribution in [0.25, 0.3) is 0 Å². The Balaban J connectivity index is 1.99. The van der Waals surface area contributed by atoms with E-state index < -0.39 is 22.5 Å². The standard InChI is InChI=1S/C22H20BrClN2O3S/c1-15-3-11-20(12-4-15)30(28,29)26(21-13-18(24)8-5-16(21)2)14-22(27)25-19-9-6-17(23)7-10-19/h3-13H,14H2,1-2H3,(H,25,27). The largest absolute Gasteiger partial charge is 0.325 e. The van der Waals surface area contributed by atoms with Gasteiger partial charge in [-0.2, -0.15) is 0 Å². The first-order chi connectivity index (χ1) is 14.2. The Morgan fingerprint density at radius 3 is 2.27 bits per heavy atom. The molecule has 0 spiro atoms. The van der Waals surface area contributed by atoms with Crippen molar-refractivity contribution in [3.05, 3.63) is 87.4 Å². The van der Waals surface area contributed by atoms with Crippen molar-refractivity contribution in [3.8, 4) is 0 Å². The number of hydrogen-bond acceptors (Lipinski definition) is 3. The molecule has 0 aliphatic heterocycles. The molecule has 1 amide bonds. The second-order valence-electron chi connectivity index (χ2n) is 6.81. The molecule has 0 unspecified atom stereocenters. The molecule has 1 N–H and O–H groups in total. The lowest BCUT2D eigenvalue weighted by Crippen LogP contribution is -2.38. The molecule has 0 aliphatic carbocycles. The van der Waals surface area contributed by atoms with E-state index in [9.17, 15) is 13.2 Å². The van der Waals surface area contributed by atoms with Crippen LogP contribution in [0.2, 0.25) is 5.02 Å². The van der Waals surface area contributed by atoms with Crippen LogP contribution < -0.4 is 9.62 Å². The quantitative estimate of drug-likeness (QED) is 0.475. The van der Waals surface area contributed by atoms with Crippen LogP contribution in [0.1, 0.15) is 11.1 Å². The monoisotopic (exact) mass is 506 g/mol. The molecule has 3 rings (SSSR count). The number of benzene rings is 3. The molecule has 3 aromatic carbocycles. The van der Waals surface area contributed by atoms with Gasteiger partial charge in [0, 0.05) is 15.2 Å². The third kappa shape index (κ3) is 5.22. The Bertz CT molecular complexity index is 1160. The summed E-state index contributed by atoms with van der Waals surface area (Å²) in [6.45, 7) is 3.25. The van der Waals surface area contributed by atoms with Gasteiger partial charge in [0.05, 0.1) is 10.6 Å². The Labute approximate surface area is 189 Å². The number of carbonyl (C=O) groups excluding carboxylic acids is 1. The van der Waals surface area contributed by atoms with Crippen molar-refractivity contribution in [2.45, 2.75) is 18.7 Å². The molecular weight excluding hydrogens is 488 g/mol. The fourth-order valence-electron chi connectivity index (χ4n) is 2.85. The van der Waals surface area contributed by atoms with E-state index in [2.05, 4.69) is 21.2 Å². The molecule has 0 saturated heterocycles. The number of carbonyl (C=O) groups is 1. The topological polar surface area (TPSA) is 66.5 Å². The summed E-state index contributed by atoms with van der Waals surface area (Å²) < 4.78 is 28.8. The Kier molecular flexibility index (Phi) is 6.85. The molecule has 156 valence electrons. The summed E-state index contributed by atoms with van der Waals surface area (Å²) in [7, 11) is -4.00. The van der Waals surface area contributed by atoms with Gasteiger partial charge >= 0.3 is 0 Å². The zero-order valence-corrected chi connectivity index (χ0v) is 19.6. The number of hydrogen-bond donors (Lipinski definition) is 1. The third-order valence-corrected chi connectivity index (χ3v) is 7.00. The molecule has 0 aromatic heterocycles. The molecule has 0 aliphatic rings. The molecule has 3 aromatic rings. The second kappa shape index (κ2) is 9.20. The van der Waals surface area contributed by atoms with E-state index in [-0.39, 0.29) is 4.90 Å². The lowest BCUT2D eigenvalue weighted by molar-refractivity contribution is -0.114. The first-order valence-corrected chi connectivity index (χ1v) is 11.7. The van der Waals surface area contributed by atoms with Crippen molar-refractivity contribution in [1.82, 2.24) is 0 Å². The number of rotatable bonds is 6. The van der Waals surface area contributed by atoms with Gasteiger partial charge in [-0.05, 0) is 67.9 Å². The Morgan fingerprint density at radius 1 is 1.00 bits per heavy atom. The zero-order valence-electron chi connectivity index (χ0n) is 16.4. The average molecular weight is 508 g/mol. The smallest absolute Gasteiger partial charge is 0.264 e. The maximum absolute atomic E-state index is 13.4. The van der Waals surface area contributed by atoms with Crippen LogP contribution in [-0.4, -0.2) is 20.9 Å². The molecule has 0 radical (unpaired) electrons. The van der Waals surface area contributed by atoms with Crippen LogP contribution >= 0.6 is 27.5 Å². The Hall–Kier alpha value is -2.35. The first-order valence-electron chi connectivity index (χ1n) is 9.08. The van der Waals surface area contributed by atoms with E-state index in [1.807, 2.05) is 6.92 Å². The summed E-state index contributed by atoms with van der Waals surface area (Å²) in [5.41, 5.74) is 2.55. The van der Waals surface area contributed by atoms with Gasteiger partial charge in [-0.1, -0.05) is 51.3 Å². The van der Waals surface area contributed by atoms with Crippen molar-refractivity contribution in [2.24, 2.45) is 0 Å². The van der Waals surface area contributed by atoms with E-state index in [1.54, 1.807) is 61.5 Å². The van der Waals surface area contributed by atoms with Gasteiger partial charge in [0.1, 0.15) is 6.54 Å². The number of nitrogens with zero attached hydrogens (tertiary/aromatic N) is 1. The van der Waals surface area contributed by atoms with Crippen molar-refractivity contribution in [1.29, 1.82) is 0 Å². The highest BCUT2D eigenvalue weighted by atomic mass is 79.9. The minimum atomic E-state index is -4.00. The number of anilines is 2. The predicted molar refractivity (Wildman–Crippen MR) is 125 cm³/mol. The van der Waals surface area contributed by atoms with Gasteiger partial charge in [0.2, 0.25) is 5.91 Å². The van der Waals surface area contributed by atoms with Gasteiger partial charge in [-0.15, -0.1) is 0 Å². The summed E-state index contributed by atoms with van der Waals surface area (Å²) in [5, 5.41) is 3.12. The third-order valence-electron chi connectivity index (χ3n) is 4.46. The molecule has 5 nitrogen and oxygen atoms in total. The summed E-state index contributed by atoms with van der Waals surface area (Å²) in [6.07, 6.45) is 0. The molecule has 8 heteroatoms. The molecule has 0 heterocycles. The van der Waals surface area contributed by atoms with Gasteiger partial charge in [-0.3, -0.25) is 9.10 Å². The number of aryl methyl sites for hydroxylation is 2. The summed E-state index contributed by atoms with van der Waals surface area (Å²) >= 11 is 9.47. The number of halogens is 2.